The molecule has 126 valence electrons. The standard InChI is InChI=1S/C15H12N6O3S/c22-12(7-4-8-11(17-5-7)18-6-19-13(8)23)21-15-20-9-2-1-3-16-14(24)10(9)25-15/h4-6H,1-3H2,(H,16,24)(H,20,21,22)(H,17,18,19,23). The predicted molar refractivity (Wildman–Crippen MR) is 90.9 cm³/mol. The van der Waals surface area contributed by atoms with Crippen molar-refractivity contribution >= 4 is 39.3 Å². The van der Waals surface area contributed by atoms with Gasteiger partial charge >= 0.3 is 0 Å². The van der Waals surface area contributed by atoms with E-state index in [-0.39, 0.29) is 28.1 Å². The Labute approximate surface area is 144 Å². The topological polar surface area (TPSA) is 130 Å². The predicted octanol–water partition coefficient (Wildman–Crippen LogP) is 0.703. The summed E-state index contributed by atoms with van der Waals surface area (Å²) in [6, 6.07) is 1.43. The van der Waals surface area contributed by atoms with Crippen LogP contribution < -0.4 is 16.2 Å². The minimum Gasteiger partial charge on any atom is -0.351 e. The summed E-state index contributed by atoms with van der Waals surface area (Å²) in [5, 5.41) is 6.01. The van der Waals surface area contributed by atoms with Gasteiger partial charge in [-0.25, -0.2) is 15.0 Å². The second-order valence-corrected chi connectivity index (χ2v) is 6.43. The van der Waals surface area contributed by atoms with Gasteiger partial charge in [0.05, 0.1) is 23.0 Å². The highest BCUT2D eigenvalue weighted by atomic mass is 32.1. The van der Waals surface area contributed by atoms with Crippen LogP contribution in [0.2, 0.25) is 0 Å². The quantitative estimate of drug-likeness (QED) is 0.620. The summed E-state index contributed by atoms with van der Waals surface area (Å²) in [7, 11) is 0. The lowest BCUT2D eigenvalue weighted by Crippen LogP contribution is -2.21. The molecule has 0 radical (unpaired) electrons. The molecule has 3 aromatic heterocycles. The minimum atomic E-state index is -0.457. The van der Waals surface area contributed by atoms with Crippen LogP contribution >= 0.6 is 11.3 Å². The molecular formula is C15H12N6O3S. The van der Waals surface area contributed by atoms with Crippen LogP contribution in [0.3, 0.4) is 0 Å². The van der Waals surface area contributed by atoms with Gasteiger partial charge in [-0.2, -0.15) is 0 Å². The molecule has 1 aliphatic heterocycles. The number of aromatic amines is 1. The fourth-order valence-corrected chi connectivity index (χ4v) is 3.46. The zero-order valence-corrected chi connectivity index (χ0v) is 13.6. The van der Waals surface area contributed by atoms with E-state index in [2.05, 4.69) is 30.6 Å². The van der Waals surface area contributed by atoms with Crippen molar-refractivity contribution in [3.63, 3.8) is 0 Å². The lowest BCUT2D eigenvalue weighted by Gasteiger charge is -2.02. The molecule has 0 aliphatic carbocycles. The molecule has 0 atom stereocenters. The molecule has 10 heteroatoms. The molecule has 0 fully saturated rings. The number of aromatic nitrogens is 4. The molecule has 0 spiro atoms. The van der Waals surface area contributed by atoms with E-state index in [1.807, 2.05) is 0 Å². The zero-order chi connectivity index (χ0) is 17.4. The summed E-state index contributed by atoms with van der Waals surface area (Å²) >= 11 is 1.13. The van der Waals surface area contributed by atoms with Gasteiger partial charge < -0.3 is 10.3 Å². The fraction of sp³-hybridized carbons (Fsp3) is 0.200. The van der Waals surface area contributed by atoms with E-state index in [9.17, 15) is 14.4 Å². The molecule has 1 aliphatic rings. The lowest BCUT2D eigenvalue weighted by molar-refractivity contribution is 0.0958. The summed E-state index contributed by atoms with van der Waals surface area (Å²) < 4.78 is 0. The number of anilines is 1. The van der Waals surface area contributed by atoms with Crippen molar-refractivity contribution in [1.82, 2.24) is 25.3 Å². The Morgan fingerprint density at radius 3 is 3.04 bits per heavy atom. The van der Waals surface area contributed by atoms with E-state index in [0.717, 1.165) is 17.8 Å². The van der Waals surface area contributed by atoms with E-state index in [1.165, 1.54) is 18.6 Å². The molecule has 2 amide bonds. The Kier molecular flexibility index (Phi) is 3.73. The van der Waals surface area contributed by atoms with E-state index in [4.69, 9.17) is 0 Å². The molecule has 3 aromatic rings. The van der Waals surface area contributed by atoms with Gasteiger partial charge in [0.1, 0.15) is 4.88 Å². The van der Waals surface area contributed by atoms with E-state index in [0.29, 0.717) is 28.7 Å². The summed E-state index contributed by atoms with van der Waals surface area (Å²) in [5.41, 5.74) is 0.788. The Morgan fingerprint density at radius 2 is 2.16 bits per heavy atom. The van der Waals surface area contributed by atoms with Gasteiger partial charge in [0.2, 0.25) is 0 Å². The number of aryl methyl sites for hydroxylation is 1. The summed E-state index contributed by atoms with van der Waals surface area (Å²) in [4.78, 5) is 51.4. The number of hydrogen-bond acceptors (Lipinski definition) is 7. The van der Waals surface area contributed by atoms with E-state index < -0.39 is 5.91 Å². The number of pyridine rings is 1. The van der Waals surface area contributed by atoms with Gasteiger partial charge in [-0.3, -0.25) is 19.7 Å². The van der Waals surface area contributed by atoms with Crippen molar-refractivity contribution in [2.45, 2.75) is 12.8 Å². The van der Waals surface area contributed by atoms with Gasteiger partial charge in [-0.05, 0) is 18.9 Å². The van der Waals surface area contributed by atoms with Gasteiger partial charge in [0.15, 0.2) is 10.8 Å². The SMILES string of the molecule is O=C(Nc1nc2c(s1)C(=O)NCCC2)c1cnc2nc[nH]c(=O)c2c1. The number of rotatable bonds is 2. The molecule has 0 saturated heterocycles. The van der Waals surface area contributed by atoms with Gasteiger partial charge in [-0.1, -0.05) is 11.3 Å². The van der Waals surface area contributed by atoms with E-state index in [1.54, 1.807) is 0 Å². The highest BCUT2D eigenvalue weighted by Gasteiger charge is 2.21. The van der Waals surface area contributed by atoms with Crippen LogP contribution in [-0.2, 0) is 6.42 Å². The maximum Gasteiger partial charge on any atom is 0.263 e. The van der Waals surface area contributed by atoms with Crippen LogP contribution in [0, 0.1) is 0 Å². The molecule has 0 aromatic carbocycles. The number of H-pyrrole nitrogens is 1. The molecular weight excluding hydrogens is 344 g/mol. The number of carbonyl (C=O) groups is 2. The average Bonchev–Trinajstić information content (AvgIpc) is 2.93. The highest BCUT2D eigenvalue weighted by Crippen LogP contribution is 2.26. The third kappa shape index (κ3) is 2.87. The Hall–Kier alpha value is -3.14. The second kappa shape index (κ2) is 6.06. The second-order valence-electron chi connectivity index (χ2n) is 5.44. The van der Waals surface area contributed by atoms with Crippen LogP contribution in [0.4, 0.5) is 5.13 Å². The number of fused-ring (bicyclic) bond motifs is 2. The number of amides is 2. The maximum absolute atomic E-state index is 12.4. The summed E-state index contributed by atoms with van der Waals surface area (Å²) in [6.07, 6.45) is 4.08. The van der Waals surface area contributed by atoms with Crippen LogP contribution in [0.1, 0.15) is 32.1 Å². The first-order valence-corrected chi connectivity index (χ1v) is 8.36. The first kappa shape index (κ1) is 15.4. The van der Waals surface area contributed by atoms with Crippen molar-refractivity contribution in [3.8, 4) is 0 Å². The molecule has 9 nitrogen and oxygen atoms in total. The highest BCUT2D eigenvalue weighted by molar-refractivity contribution is 7.17. The van der Waals surface area contributed by atoms with Crippen molar-refractivity contribution in [3.05, 3.63) is 45.1 Å². The van der Waals surface area contributed by atoms with Crippen LogP contribution in [0.25, 0.3) is 11.0 Å². The largest absolute Gasteiger partial charge is 0.351 e. The fourth-order valence-electron chi connectivity index (χ4n) is 2.54. The van der Waals surface area contributed by atoms with Gasteiger partial charge in [0.25, 0.3) is 17.4 Å². The molecule has 25 heavy (non-hydrogen) atoms. The number of nitrogens with zero attached hydrogens (tertiary/aromatic N) is 3. The van der Waals surface area contributed by atoms with Gasteiger partial charge in [-0.15, -0.1) is 0 Å². The van der Waals surface area contributed by atoms with E-state index >= 15 is 0 Å². The molecule has 0 unspecified atom stereocenters. The normalized spacial score (nSPS) is 13.8. The molecule has 3 N–H and O–H groups in total. The van der Waals surface area contributed by atoms with Crippen LogP contribution in [0.5, 0.6) is 0 Å². The summed E-state index contributed by atoms with van der Waals surface area (Å²) in [6.45, 7) is 0.620. The maximum atomic E-state index is 12.4. The van der Waals surface area contributed by atoms with Gasteiger partial charge in [0, 0.05) is 12.7 Å². The minimum absolute atomic E-state index is 0.171. The molecule has 0 saturated carbocycles. The summed E-state index contributed by atoms with van der Waals surface area (Å²) in [5.74, 6) is -0.627. The number of hydrogen-bond donors (Lipinski definition) is 3. The third-order valence-electron chi connectivity index (χ3n) is 3.76. The number of thiazole rings is 1. The zero-order valence-electron chi connectivity index (χ0n) is 12.8. The number of nitrogens with one attached hydrogen (secondary N) is 3. The Bertz CT molecular complexity index is 1060. The van der Waals surface area contributed by atoms with Crippen LogP contribution in [0.15, 0.2) is 23.4 Å². The lowest BCUT2D eigenvalue weighted by atomic mass is 10.2. The molecule has 4 rings (SSSR count). The molecule has 0 bridgehead atoms. The first-order valence-electron chi connectivity index (χ1n) is 7.54. The first-order chi connectivity index (χ1) is 12.1. The molecule has 4 heterocycles. The number of carbonyl (C=O) groups excluding carboxylic acids is 2. The average molecular weight is 356 g/mol. The van der Waals surface area contributed by atoms with Crippen molar-refractivity contribution in [1.29, 1.82) is 0 Å². The van der Waals surface area contributed by atoms with Crippen molar-refractivity contribution in [2.75, 3.05) is 11.9 Å². The van der Waals surface area contributed by atoms with Crippen molar-refractivity contribution in [2.24, 2.45) is 0 Å². The third-order valence-corrected chi connectivity index (χ3v) is 4.77. The Balaban J connectivity index is 1.62. The van der Waals surface area contributed by atoms with Crippen molar-refractivity contribution < 1.29 is 9.59 Å². The smallest absolute Gasteiger partial charge is 0.263 e. The van der Waals surface area contributed by atoms with Crippen LogP contribution in [-0.4, -0.2) is 38.3 Å². The monoisotopic (exact) mass is 356 g/mol. The Morgan fingerprint density at radius 1 is 1.28 bits per heavy atom.